The van der Waals surface area contributed by atoms with Crippen molar-refractivity contribution in [2.75, 3.05) is 31.6 Å². The van der Waals surface area contributed by atoms with Crippen LogP contribution in [0.1, 0.15) is 31.2 Å². The first-order valence-corrected chi connectivity index (χ1v) is 9.30. The minimum Gasteiger partial charge on any atom is -0.347 e. The molecule has 1 aliphatic carbocycles. The lowest BCUT2D eigenvalue weighted by molar-refractivity contribution is -0.188. The van der Waals surface area contributed by atoms with E-state index in [1.165, 1.54) is 12.1 Å². The molecule has 152 valence electrons. The number of carbonyl (C=O) groups excluding carboxylic acids is 2. The van der Waals surface area contributed by atoms with Crippen LogP contribution in [0.4, 0.5) is 18.9 Å². The number of amides is 2. The van der Waals surface area contributed by atoms with Gasteiger partial charge in [-0.25, -0.2) is 0 Å². The summed E-state index contributed by atoms with van der Waals surface area (Å²) in [7, 11) is 0. The summed E-state index contributed by atoms with van der Waals surface area (Å²) < 4.78 is 49.9. The number of anilines is 1. The minimum absolute atomic E-state index is 0.0317. The van der Waals surface area contributed by atoms with Crippen LogP contribution in [0, 0.1) is 5.41 Å². The molecule has 3 fully saturated rings. The topological polar surface area (TPSA) is 67.9 Å². The zero-order valence-electron chi connectivity index (χ0n) is 15.2. The molecule has 0 unspecified atom stereocenters. The second-order valence-electron chi connectivity index (χ2n) is 7.51. The Morgan fingerprint density at radius 3 is 2.25 bits per heavy atom. The van der Waals surface area contributed by atoms with Crippen molar-refractivity contribution in [2.45, 2.75) is 37.6 Å². The largest absolute Gasteiger partial charge is 0.416 e. The van der Waals surface area contributed by atoms with Gasteiger partial charge in [0.2, 0.25) is 11.8 Å². The summed E-state index contributed by atoms with van der Waals surface area (Å²) in [5.74, 6) is -1.44. The quantitative estimate of drug-likeness (QED) is 0.796. The van der Waals surface area contributed by atoms with E-state index in [-0.39, 0.29) is 11.6 Å². The van der Waals surface area contributed by atoms with Crippen molar-refractivity contribution < 1.29 is 32.2 Å². The Morgan fingerprint density at radius 1 is 1.04 bits per heavy atom. The lowest BCUT2D eigenvalue weighted by atomic mass is 9.98. The van der Waals surface area contributed by atoms with E-state index >= 15 is 0 Å². The molecular weight excluding hydrogens is 377 g/mol. The molecule has 0 bridgehead atoms. The summed E-state index contributed by atoms with van der Waals surface area (Å²) >= 11 is 0. The Labute approximate surface area is 160 Å². The van der Waals surface area contributed by atoms with E-state index in [0.29, 0.717) is 52.0 Å². The Balaban J connectivity index is 1.41. The zero-order chi connectivity index (χ0) is 20.0. The molecule has 2 heterocycles. The van der Waals surface area contributed by atoms with Crippen molar-refractivity contribution in [2.24, 2.45) is 5.41 Å². The molecule has 1 aromatic carbocycles. The fourth-order valence-corrected chi connectivity index (χ4v) is 3.83. The van der Waals surface area contributed by atoms with Gasteiger partial charge in [-0.1, -0.05) is 6.07 Å². The van der Waals surface area contributed by atoms with Crippen LogP contribution in [0.15, 0.2) is 24.3 Å². The predicted molar refractivity (Wildman–Crippen MR) is 92.2 cm³/mol. The number of halogens is 3. The maximum atomic E-state index is 12.9. The molecule has 1 saturated carbocycles. The minimum atomic E-state index is -4.50. The Bertz CT molecular complexity index is 776. The fourth-order valence-electron chi connectivity index (χ4n) is 3.83. The van der Waals surface area contributed by atoms with Crippen LogP contribution in [0.3, 0.4) is 0 Å². The Hall–Kier alpha value is -2.13. The molecule has 0 atom stereocenters. The third-order valence-electron chi connectivity index (χ3n) is 5.67. The van der Waals surface area contributed by atoms with Gasteiger partial charge in [0.25, 0.3) is 0 Å². The van der Waals surface area contributed by atoms with Gasteiger partial charge in [0, 0.05) is 31.6 Å². The molecule has 2 aliphatic heterocycles. The summed E-state index contributed by atoms with van der Waals surface area (Å²) in [6.45, 7) is 1.93. The van der Waals surface area contributed by atoms with Gasteiger partial charge in [-0.3, -0.25) is 9.59 Å². The lowest BCUT2D eigenvalue weighted by Crippen LogP contribution is -2.51. The second kappa shape index (κ2) is 6.73. The molecule has 2 saturated heterocycles. The second-order valence-corrected chi connectivity index (χ2v) is 7.51. The van der Waals surface area contributed by atoms with Crippen molar-refractivity contribution in [1.29, 1.82) is 0 Å². The van der Waals surface area contributed by atoms with Crippen LogP contribution < -0.4 is 5.32 Å². The number of nitrogens with one attached hydrogen (secondary N) is 1. The molecule has 1 aromatic rings. The first kappa shape index (κ1) is 19.2. The molecule has 9 heteroatoms. The van der Waals surface area contributed by atoms with Crippen LogP contribution in [-0.4, -0.2) is 48.8 Å². The average molecular weight is 398 g/mol. The van der Waals surface area contributed by atoms with E-state index in [1.807, 2.05) is 0 Å². The van der Waals surface area contributed by atoms with Gasteiger partial charge in [-0.05, 0) is 31.0 Å². The van der Waals surface area contributed by atoms with E-state index in [9.17, 15) is 22.8 Å². The third kappa shape index (κ3) is 3.48. The predicted octanol–water partition coefficient (Wildman–Crippen LogP) is 2.79. The Kier molecular flexibility index (Phi) is 4.62. The van der Waals surface area contributed by atoms with Crippen molar-refractivity contribution >= 4 is 17.5 Å². The van der Waals surface area contributed by atoms with E-state index in [0.717, 1.165) is 12.1 Å². The summed E-state index contributed by atoms with van der Waals surface area (Å²) in [6, 6.07) is 4.42. The molecule has 6 nitrogen and oxygen atoms in total. The maximum Gasteiger partial charge on any atom is 0.416 e. The monoisotopic (exact) mass is 398 g/mol. The van der Waals surface area contributed by atoms with Gasteiger partial charge in [-0.15, -0.1) is 0 Å². The number of rotatable bonds is 3. The van der Waals surface area contributed by atoms with E-state index in [4.69, 9.17) is 9.47 Å². The van der Waals surface area contributed by atoms with Crippen LogP contribution >= 0.6 is 0 Å². The first-order chi connectivity index (χ1) is 13.2. The summed E-state index contributed by atoms with van der Waals surface area (Å²) in [5.41, 5.74) is -2.00. The highest BCUT2D eigenvalue weighted by atomic mass is 19.4. The summed E-state index contributed by atoms with van der Waals surface area (Å²) in [4.78, 5) is 27.3. The lowest BCUT2D eigenvalue weighted by Gasteiger charge is -2.38. The standard InChI is InChI=1S/C19H21F3N2O4/c20-19(21,22)13-2-1-3-14(12-13)23-15(25)17(4-5-17)16(26)24-8-6-18(7-9-24)27-10-11-28-18/h1-3,12H,4-11H2,(H,23,25). The molecule has 2 amide bonds. The number of likely N-dealkylation sites (tertiary alicyclic amines) is 1. The number of carbonyl (C=O) groups is 2. The number of piperidine rings is 1. The number of alkyl halides is 3. The van der Waals surface area contributed by atoms with E-state index in [2.05, 4.69) is 5.32 Å². The van der Waals surface area contributed by atoms with Crippen molar-refractivity contribution in [3.05, 3.63) is 29.8 Å². The highest BCUT2D eigenvalue weighted by Gasteiger charge is 2.58. The Morgan fingerprint density at radius 2 is 1.68 bits per heavy atom. The van der Waals surface area contributed by atoms with Crippen LogP contribution in [-0.2, 0) is 25.2 Å². The van der Waals surface area contributed by atoms with Crippen molar-refractivity contribution in [3.8, 4) is 0 Å². The van der Waals surface area contributed by atoms with Gasteiger partial charge in [0.05, 0.1) is 18.8 Å². The van der Waals surface area contributed by atoms with E-state index < -0.39 is 28.8 Å². The van der Waals surface area contributed by atoms with Crippen LogP contribution in [0.25, 0.3) is 0 Å². The number of ether oxygens (including phenoxy) is 2. The van der Waals surface area contributed by atoms with Gasteiger partial charge in [0.15, 0.2) is 5.79 Å². The van der Waals surface area contributed by atoms with Gasteiger partial charge in [0.1, 0.15) is 5.41 Å². The van der Waals surface area contributed by atoms with Gasteiger partial charge < -0.3 is 19.7 Å². The van der Waals surface area contributed by atoms with E-state index in [1.54, 1.807) is 4.90 Å². The highest BCUT2D eigenvalue weighted by Crippen LogP contribution is 2.49. The number of hydrogen-bond donors (Lipinski definition) is 1. The number of nitrogens with zero attached hydrogens (tertiary/aromatic N) is 1. The third-order valence-corrected chi connectivity index (χ3v) is 5.67. The summed E-state index contributed by atoms with van der Waals surface area (Å²) in [5, 5.41) is 2.49. The molecule has 1 spiro atoms. The fraction of sp³-hybridized carbons (Fsp3) is 0.579. The summed E-state index contributed by atoms with van der Waals surface area (Å²) in [6.07, 6.45) is -2.62. The molecule has 28 heavy (non-hydrogen) atoms. The smallest absolute Gasteiger partial charge is 0.347 e. The normalized spacial score (nSPS) is 22.9. The van der Waals surface area contributed by atoms with Crippen molar-refractivity contribution in [3.63, 3.8) is 0 Å². The highest BCUT2D eigenvalue weighted by molar-refractivity contribution is 6.13. The molecule has 0 aromatic heterocycles. The average Bonchev–Trinajstić information content (AvgIpc) is 3.37. The first-order valence-electron chi connectivity index (χ1n) is 9.30. The zero-order valence-corrected chi connectivity index (χ0v) is 15.2. The maximum absolute atomic E-state index is 12.9. The number of benzene rings is 1. The molecule has 4 rings (SSSR count). The van der Waals surface area contributed by atoms with Crippen molar-refractivity contribution in [1.82, 2.24) is 4.90 Å². The van der Waals surface area contributed by atoms with Gasteiger partial charge in [-0.2, -0.15) is 13.2 Å². The molecule has 0 radical (unpaired) electrons. The van der Waals surface area contributed by atoms with Gasteiger partial charge >= 0.3 is 6.18 Å². The molecule has 3 aliphatic rings. The molecular formula is C19H21F3N2O4. The van der Waals surface area contributed by atoms with Crippen LogP contribution in [0.2, 0.25) is 0 Å². The number of hydrogen-bond acceptors (Lipinski definition) is 4. The van der Waals surface area contributed by atoms with Crippen LogP contribution in [0.5, 0.6) is 0 Å². The molecule has 1 N–H and O–H groups in total. The SMILES string of the molecule is O=C(Nc1cccc(C(F)(F)F)c1)C1(C(=O)N2CCC3(CC2)OCCO3)CC1.